The quantitative estimate of drug-likeness (QED) is 0.648. The molecule has 2 rings (SSSR count). The third-order valence-corrected chi connectivity index (χ3v) is 3.42. The zero-order valence-electron chi connectivity index (χ0n) is 10.8. The van der Waals surface area contributed by atoms with Gasteiger partial charge in [0.05, 0.1) is 0 Å². The fraction of sp³-hybridized carbons (Fsp3) is 0.0667. The van der Waals surface area contributed by atoms with Crippen molar-refractivity contribution in [2.45, 2.75) is 0 Å². The summed E-state index contributed by atoms with van der Waals surface area (Å²) in [7, 11) is 1.52. The third kappa shape index (κ3) is 3.80. The number of aromatic nitrogens is 1. The first kappa shape index (κ1) is 14.5. The van der Waals surface area contributed by atoms with Crippen LogP contribution in [0.4, 0.5) is 10.5 Å². The van der Waals surface area contributed by atoms with Gasteiger partial charge in [0.25, 0.3) is 0 Å². The first-order chi connectivity index (χ1) is 9.56. The van der Waals surface area contributed by atoms with Crippen LogP contribution < -0.4 is 4.90 Å². The predicted molar refractivity (Wildman–Crippen MR) is 88.8 cm³/mol. The first-order valence-electron chi connectivity index (χ1n) is 5.92. The number of amides is 1. The Morgan fingerprint density at radius 2 is 1.75 bits per heavy atom. The first-order valence-corrected chi connectivity index (χ1v) is 7.00. The monoisotopic (exact) mass is 380 g/mol. The minimum absolute atomic E-state index is 0.644. The largest absolute Gasteiger partial charge is 0.465 e. The van der Waals surface area contributed by atoms with Gasteiger partial charge >= 0.3 is 6.09 Å². The van der Waals surface area contributed by atoms with Crippen molar-refractivity contribution in [3.8, 4) is 0 Å². The van der Waals surface area contributed by atoms with E-state index in [2.05, 4.69) is 27.6 Å². The SMILES string of the molecule is CN(C(=O)O)c1ccc(/C=C/c2ccc(I)nc2)cc1. The predicted octanol–water partition coefficient (Wildman–Crippen LogP) is 3.97. The lowest BCUT2D eigenvalue weighted by Gasteiger charge is -2.12. The third-order valence-electron chi connectivity index (χ3n) is 2.79. The van der Waals surface area contributed by atoms with Gasteiger partial charge in [-0.2, -0.15) is 0 Å². The lowest BCUT2D eigenvalue weighted by atomic mass is 10.1. The van der Waals surface area contributed by atoms with Crippen LogP contribution in [0, 0.1) is 3.70 Å². The molecular weight excluding hydrogens is 367 g/mol. The molecule has 0 saturated carbocycles. The lowest BCUT2D eigenvalue weighted by Crippen LogP contribution is -2.23. The molecule has 20 heavy (non-hydrogen) atoms. The van der Waals surface area contributed by atoms with Crippen molar-refractivity contribution in [3.63, 3.8) is 0 Å². The Balaban J connectivity index is 2.10. The standard InChI is InChI=1S/C15H13IN2O2/c1-18(15(19)20)13-7-4-11(5-8-13)2-3-12-6-9-14(16)17-10-12/h2-10H,1H3,(H,19,20)/b3-2+. The average molecular weight is 380 g/mol. The maximum Gasteiger partial charge on any atom is 0.411 e. The molecule has 1 amide bonds. The van der Waals surface area contributed by atoms with E-state index in [0.29, 0.717) is 5.69 Å². The Morgan fingerprint density at radius 1 is 1.15 bits per heavy atom. The van der Waals surface area contributed by atoms with E-state index in [9.17, 15) is 4.79 Å². The Hall–Kier alpha value is -1.89. The minimum Gasteiger partial charge on any atom is -0.465 e. The molecule has 1 aromatic carbocycles. The molecule has 0 fully saturated rings. The summed E-state index contributed by atoms with van der Waals surface area (Å²) < 4.78 is 0.959. The van der Waals surface area contributed by atoms with Crippen LogP contribution in [0.3, 0.4) is 0 Å². The second-order valence-electron chi connectivity index (χ2n) is 4.18. The molecule has 1 N–H and O–H groups in total. The lowest BCUT2D eigenvalue weighted by molar-refractivity contribution is 0.203. The van der Waals surface area contributed by atoms with Crippen molar-refractivity contribution in [1.29, 1.82) is 0 Å². The zero-order valence-corrected chi connectivity index (χ0v) is 13.0. The molecule has 0 atom stereocenters. The van der Waals surface area contributed by atoms with Crippen LogP contribution in [0.15, 0.2) is 42.6 Å². The summed E-state index contributed by atoms with van der Waals surface area (Å²) in [6, 6.07) is 11.3. The maximum absolute atomic E-state index is 10.8. The number of hydrogen-bond donors (Lipinski definition) is 1. The van der Waals surface area contributed by atoms with Gasteiger partial charge in [-0.25, -0.2) is 9.78 Å². The van der Waals surface area contributed by atoms with Crippen LogP contribution in [-0.4, -0.2) is 23.2 Å². The van der Waals surface area contributed by atoms with Crippen molar-refractivity contribution in [1.82, 2.24) is 4.98 Å². The fourth-order valence-electron chi connectivity index (χ4n) is 1.60. The van der Waals surface area contributed by atoms with E-state index < -0.39 is 6.09 Å². The second-order valence-corrected chi connectivity index (χ2v) is 5.29. The minimum atomic E-state index is -0.974. The van der Waals surface area contributed by atoms with Crippen LogP contribution in [0.5, 0.6) is 0 Å². The Kier molecular flexibility index (Phi) is 4.73. The average Bonchev–Trinajstić information content (AvgIpc) is 2.46. The molecule has 0 radical (unpaired) electrons. The Morgan fingerprint density at radius 3 is 2.30 bits per heavy atom. The number of anilines is 1. The van der Waals surface area contributed by atoms with Gasteiger partial charge in [0.2, 0.25) is 0 Å². The van der Waals surface area contributed by atoms with Crippen LogP contribution >= 0.6 is 22.6 Å². The molecule has 0 unspecified atom stereocenters. The van der Waals surface area contributed by atoms with Gasteiger partial charge in [-0.15, -0.1) is 0 Å². The van der Waals surface area contributed by atoms with Gasteiger partial charge in [0.1, 0.15) is 3.70 Å². The van der Waals surface area contributed by atoms with Gasteiger partial charge in [0, 0.05) is 18.9 Å². The van der Waals surface area contributed by atoms with Gasteiger partial charge in [-0.3, -0.25) is 4.90 Å². The van der Waals surface area contributed by atoms with Crippen LogP contribution in [0.1, 0.15) is 11.1 Å². The molecule has 0 aliphatic heterocycles. The molecule has 0 aliphatic carbocycles. The number of benzene rings is 1. The fourth-order valence-corrected chi connectivity index (χ4v) is 1.92. The van der Waals surface area contributed by atoms with E-state index in [-0.39, 0.29) is 0 Å². The summed E-state index contributed by atoms with van der Waals surface area (Å²) >= 11 is 2.16. The molecule has 1 heterocycles. The smallest absolute Gasteiger partial charge is 0.411 e. The molecular formula is C15H13IN2O2. The van der Waals surface area contributed by atoms with Gasteiger partial charge in [0.15, 0.2) is 0 Å². The van der Waals surface area contributed by atoms with E-state index in [1.54, 1.807) is 12.1 Å². The molecule has 2 aromatic rings. The highest BCUT2D eigenvalue weighted by atomic mass is 127. The maximum atomic E-state index is 10.8. The number of halogens is 1. The van der Waals surface area contributed by atoms with Crippen LogP contribution in [0.2, 0.25) is 0 Å². The molecule has 0 aliphatic rings. The van der Waals surface area contributed by atoms with Crippen molar-refractivity contribution >= 4 is 46.5 Å². The summed E-state index contributed by atoms with van der Waals surface area (Å²) in [6.45, 7) is 0. The Bertz CT molecular complexity index is 621. The number of rotatable bonds is 3. The normalized spacial score (nSPS) is 10.7. The van der Waals surface area contributed by atoms with Crippen molar-refractivity contribution < 1.29 is 9.90 Å². The summed E-state index contributed by atoms with van der Waals surface area (Å²) in [4.78, 5) is 16.2. The highest BCUT2D eigenvalue weighted by Gasteiger charge is 2.06. The van der Waals surface area contributed by atoms with Crippen molar-refractivity contribution in [2.24, 2.45) is 0 Å². The van der Waals surface area contributed by atoms with Crippen LogP contribution in [-0.2, 0) is 0 Å². The molecule has 102 valence electrons. The Labute approximate surface area is 130 Å². The van der Waals surface area contributed by atoms with Crippen molar-refractivity contribution in [2.75, 3.05) is 11.9 Å². The van der Waals surface area contributed by atoms with Gasteiger partial charge in [-0.05, 0) is 51.9 Å². The van der Waals surface area contributed by atoms with Gasteiger partial charge < -0.3 is 5.11 Å². The summed E-state index contributed by atoms with van der Waals surface area (Å²) in [5, 5.41) is 8.88. The molecule has 0 saturated heterocycles. The van der Waals surface area contributed by atoms with E-state index in [0.717, 1.165) is 14.8 Å². The number of nitrogens with zero attached hydrogens (tertiary/aromatic N) is 2. The molecule has 4 nitrogen and oxygen atoms in total. The van der Waals surface area contributed by atoms with Gasteiger partial charge in [-0.1, -0.05) is 30.4 Å². The molecule has 0 bridgehead atoms. The highest BCUT2D eigenvalue weighted by molar-refractivity contribution is 14.1. The summed E-state index contributed by atoms with van der Waals surface area (Å²) in [5.74, 6) is 0. The molecule has 0 spiro atoms. The summed E-state index contributed by atoms with van der Waals surface area (Å²) in [6.07, 6.45) is 4.77. The highest BCUT2D eigenvalue weighted by Crippen LogP contribution is 2.16. The van der Waals surface area contributed by atoms with E-state index in [1.165, 1.54) is 11.9 Å². The molecule has 1 aromatic heterocycles. The topological polar surface area (TPSA) is 53.4 Å². The van der Waals surface area contributed by atoms with E-state index >= 15 is 0 Å². The number of hydrogen-bond acceptors (Lipinski definition) is 2. The van der Waals surface area contributed by atoms with E-state index in [4.69, 9.17) is 5.11 Å². The van der Waals surface area contributed by atoms with Crippen LogP contribution in [0.25, 0.3) is 12.2 Å². The number of carbonyl (C=O) groups is 1. The second kappa shape index (κ2) is 6.51. The zero-order chi connectivity index (χ0) is 14.5. The number of carboxylic acid groups (broad SMARTS) is 1. The van der Waals surface area contributed by atoms with Crippen molar-refractivity contribution in [3.05, 3.63) is 57.4 Å². The summed E-state index contributed by atoms with van der Waals surface area (Å²) in [5.41, 5.74) is 2.67. The van der Waals surface area contributed by atoms with E-state index in [1.807, 2.05) is 42.6 Å². The number of pyridine rings is 1. The molecule has 5 heteroatoms.